The van der Waals surface area contributed by atoms with Gasteiger partial charge in [0.05, 0.1) is 6.20 Å². The fourth-order valence-electron chi connectivity index (χ4n) is 2.15. The van der Waals surface area contributed by atoms with Crippen LogP contribution in [0, 0.1) is 11.3 Å². The summed E-state index contributed by atoms with van der Waals surface area (Å²) in [5, 5.41) is 9.13. The number of allylic oxidation sites excluding steroid dienone is 5. The molecule has 0 spiro atoms. The molecule has 0 unspecified atom stereocenters. The highest BCUT2D eigenvalue weighted by Gasteiger charge is 2.13. The number of carbonyl (C=O) groups is 1. The Kier molecular flexibility index (Phi) is 6.64. The Balaban J connectivity index is 0.00000139. The van der Waals surface area contributed by atoms with Crippen LogP contribution in [0.2, 0.25) is 0 Å². The molecule has 122 valence electrons. The van der Waals surface area contributed by atoms with Crippen LogP contribution in [0.3, 0.4) is 0 Å². The van der Waals surface area contributed by atoms with Crippen LogP contribution in [0.1, 0.15) is 32.0 Å². The first kappa shape index (κ1) is 18.9. The Morgan fingerprint density at radius 1 is 1.33 bits per heavy atom. The Morgan fingerprint density at radius 3 is 2.50 bits per heavy atom. The molecule has 0 amide bonds. The lowest BCUT2D eigenvalue weighted by molar-refractivity contribution is -0.104. The van der Waals surface area contributed by atoms with Crippen LogP contribution in [-0.2, 0) is 4.79 Å². The number of imidazole rings is 1. The minimum Gasteiger partial charge on any atom is -0.298 e. The quantitative estimate of drug-likeness (QED) is 0.463. The van der Waals surface area contributed by atoms with Gasteiger partial charge in [0, 0.05) is 17.3 Å². The molecule has 0 bridgehead atoms. The number of nitriles is 1. The molecule has 4 heteroatoms. The zero-order valence-electron chi connectivity index (χ0n) is 14.3. The van der Waals surface area contributed by atoms with Crippen molar-refractivity contribution in [1.29, 1.82) is 5.26 Å². The average Bonchev–Trinajstić information content (AvgIpc) is 3.02. The van der Waals surface area contributed by atoms with Gasteiger partial charge in [0.25, 0.3) is 0 Å². The first-order valence-electron chi connectivity index (χ1n) is 7.58. The standard InChI is InChI=1S/C18H15N3O.C2H6/c1-5-14(11-22)18(13(4)12(2)3)15-6-7-17-20-9-16(8-19)21(17)10-15;1-2/h5-7,9-11H,1-2,4H2,3H3;1-2H3/b18-14-;. The van der Waals surface area contributed by atoms with E-state index in [1.807, 2.05) is 26.8 Å². The van der Waals surface area contributed by atoms with E-state index in [-0.39, 0.29) is 0 Å². The van der Waals surface area contributed by atoms with E-state index < -0.39 is 0 Å². The van der Waals surface area contributed by atoms with Gasteiger partial charge in [-0.05, 0) is 30.2 Å². The van der Waals surface area contributed by atoms with Crippen molar-refractivity contribution in [3.63, 3.8) is 0 Å². The minimum atomic E-state index is 0.420. The SMILES string of the molecule is C=C/C(C=O)=C(\C(=C)C(=C)C)c1ccc2ncc(C#N)n2c1.CC. The lowest BCUT2D eigenvalue weighted by Gasteiger charge is -2.14. The second kappa shape index (κ2) is 8.44. The minimum absolute atomic E-state index is 0.420. The molecule has 0 N–H and O–H groups in total. The van der Waals surface area contributed by atoms with Crippen LogP contribution in [-0.4, -0.2) is 15.7 Å². The van der Waals surface area contributed by atoms with E-state index >= 15 is 0 Å². The molecule has 2 rings (SSSR count). The van der Waals surface area contributed by atoms with E-state index in [9.17, 15) is 4.79 Å². The van der Waals surface area contributed by atoms with Crippen LogP contribution in [0.25, 0.3) is 11.2 Å². The highest BCUT2D eigenvalue weighted by Crippen LogP contribution is 2.30. The van der Waals surface area contributed by atoms with Crippen LogP contribution < -0.4 is 0 Å². The summed E-state index contributed by atoms with van der Waals surface area (Å²) in [6.07, 6.45) is 5.49. The van der Waals surface area contributed by atoms with Gasteiger partial charge in [0.15, 0.2) is 6.29 Å². The summed E-state index contributed by atoms with van der Waals surface area (Å²) >= 11 is 0. The third kappa shape index (κ3) is 3.58. The summed E-state index contributed by atoms with van der Waals surface area (Å²) in [6.45, 7) is 17.4. The molecule has 2 heterocycles. The van der Waals surface area contributed by atoms with Gasteiger partial charge in [-0.1, -0.05) is 45.2 Å². The maximum atomic E-state index is 11.3. The number of rotatable bonds is 5. The van der Waals surface area contributed by atoms with E-state index in [1.54, 1.807) is 16.7 Å². The van der Waals surface area contributed by atoms with Gasteiger partial charge >= 0.3 is 0 Å². The fourth-order valence-corrected chi connectivity index (χ4v) is 2.15. The monoisotopic (exact) mass is 319 g/mol. The fraction of sp³-hybridized carbons (Fsp3) is 0.150. The van der Waals surface area contributed by atoms with Gasteiger partial charge < -0.3 is 0 Å². The molecule has 0 saturated carbocycles. The molecule has 2 aromatic heterocycles. The third-order valence-corrected chi connectivity index (χ3v) is 3.36. The molecule has 2 aromatic rings. The van der Waals surface area contributed by atoms with Crippen LogP contribution in [0.4, 0.5) is 0 Å². The van der Waals surface area contributed by atoms with Crippen molar-refractivity contribution in [1.82, 2.24) is 9.38 Å². The molecule has 0 aromatic carbocycles. The molecule has 0 fully saturated rings. The maximum absolute atomic E-state index is 11.3. The first-order chi connectivity index (χ1) is 11.5. The summed E-state index contributed by atoms with van der Waals surface area (Å²) in [6, 6.07) is 5.70. The number of pyridine rings is 1. The van der Waals surface area contributed by atoms with Crippen molar-refractivity contribution in [3.05, 3.63) is 78.3 Å². The average molecular weight is 319 g/mol. The zero-order chi connectivity index (χ0) is 18.3. The third-order valence-electron chi connectivity index (χ3n) is 3.36. The number of nitrogens with zero attached hydrogens (tertiary/aromatic N) is 3. The molecule has 0 aliphatic rings. The van der Waals surface area contributed by atoms with Gasteiger partial charge in [0.1, 0.15) is 17.4 Å². The number of hydrogen-bond donors (Lipinski definition) is 0. The van der Waals surface area contributed by atoms with Gasteiger partial charge in [-0.15, -0.1) is 0 Å². The Hall–Kier alpha value is -3.19. The molecule has 4 nitrogen and oxygen atoms in total. The molecular weight excluding hydrogens is 298 g/mol. The first-order valence-corrected chi connectivity index (χ1v) is 7.58. The van der Waals surface area contributed by atoms with E-state index in [1.165, 1.54) is 12.3 Å². The van der Waals surface area contributed by atoms with Crippen molar-refractivity contribution in [2.45, 2.75) is 20.8 Å². The number of hydrogen-bond acceptors (Lipinski definition) is 3. The lowest BCUT2D eigenvalue weighted by atomic mass is 9.91. The Labute approximate surface area is 142 Å². The molecule has 0 saturated heterocycles. The van der Waals surface area contributed by atoms with Crippen molar-refractivity contribution in [2.75, 3.05) is 0 Å². The lowest BCUT2D eigenvalue weighted by Crippen LogP contribution is -1.99. The summed E-state index contributed by atoms with van der Waals surface area (Å²) in [7, 11) is 0. The summed E-state index contributed by atoms with van der Waals surface area (Å²) in [5.41, 5.74) is 4.30. The van der Waals surface area contributed by atoms with Gasteiger partial charge in [-0.25, -0.2) is 4.98 Å². The Morgan fingerprint density at radius 2 is 2.00 bits per heavy atom. The summed E-state index contributed by atoms with van der Waals surface area (Å²) in [4.78, 5) is 15.5. The molecule has 24 heavy (non-hydrogen) atoms. The van der Waals surface area contributed by atoms with E-state index in [2.05, 4.69) is 30.8 Å². The second-order valence-electron chi connectivity index (χ2n) is 4.81. The van der Waals surface area contributed by atoms with E-state index in [4.69, 9.17) is 5.26 Å². The summed E-state index contributed by atoms with van der Waals surface area (Å²) in [5.74, 6) is 0. The topological polar surface area (TPSA) is 58.2 Å². The largest absolute Gasteiger partial charge is 0.298 e. The maximum Gasteiger partial charge on any atom is 0.150 e. The predicted octanol–water partition coefficient (Wildman–Crippen LogP) is 4.50. The summed E-state index contributed by atoms with van der Waals surface area (Å²) < 4.78 is 1.67. The molecule has 0 atom stereocenters. The van der Waals surface area contributed by atoms with Crippen molar-refractivity contribution >= 4 is 17.5 Å². The highest BCUT2D eigenvalue weighted by atomic mass is 16.1. The molecule has 0 aliphatic heterocycles. The molecule has 0 radical (unpaired) electrons. The normalized spacial score (nSPS) is 10.8. The van der Waals surface area contributed by atoms with Crippen LogP contribution >= 0.6 is 0 Å². The van der Waals surface area contributed by atoms with Crippen LogP contribution in [0.15, 0.2) is 67.1 Å². The van der Waals surface area contributed by atoms with Crippen molar-refractivity contribution in [2.24, 2.45) is 0 Å². The van der Waals surface area contributed by atoms with E-state index in [0.717, 1.165) is 17.4 Å². The van der Waals surface area contributed by atoms with Crippen LogP contribution in [0.5, 0.6) is 0 Å². The second-order valence-corrected chi connectivity index (χ2v) is 4.81. The number of aldehydes is 1. The smallest absolute Gasteiger partial charge is 0.150 e. The van der Waals surface area contributed by atoms with Gasteiger partial charge in [-0.2, -0.15) is 5.26 Å². The highest BCUT2D eigenvalue weighted by molar-refractivity contribution is 5.98. The van der Waals surface area contributed by atoms with Gasteiger partial charge in [-0.3, -0.25) is 9.20 Å². The Bertz CT molecular complexity index is 866. The van der Waals surface area contributed by atoms with Crippen molar-refractivity contribution in [3.8, 4) is 6.07 Å². The van der Waals surface area contributed by atoms with Gasteiger partial charge in [0.2, 0.25) is 0 Å². The zero-order valence-corrected chi connectivity index (χ0v) is 14.3. The molecular formula is C20H21N3O. The predicted molar refractivity (Wildman–Crippen MR) is 98.4 cm³/mol. The molecule has 0 aliphatic carbocycles. The number of aromatic nitrogens is 2. The number of fused-ring (bicyclic) bond motifs is 1. The number of carbonyl (C=O) groups excluding carboxylic acids is 1. The van der Waals surface area contributed by atoms with Crippen molar-refractivity contribution < 1.29 is 4.79 Å². The van der Waals surface area contributed by atoms with E-state index in [0.29, 0.717) is 28.1 Å².